The second-order valence-corrected chi connectivity index (χ2v) is 9.92. The van der Waals surface area contributed by atoms with E-state index in [4.69, 9.17) is 4.98 Å². The first kappa shape index (κ1) is 24.8. The van der Waals surface area contributed by atoms with Gasteiger partial charge in [0.25, 0.3) is 5.91 Å². The smallest absolute Gasteiger partial charge is 0.256 e. The van der Waals surface area contributed by atoms with E-state index in [2.05, 4.69) is 26.6 Å². The number of hydrogen-bond donors (Lipinski definition) is 2. The van der Waals surface area contributed by atoms with E-state index in [9.17, 15) is 14.0 Å². The molecule has 8 nitrogen and oxygen atoms in total. The Morgan fingerprint density at radius 2 is 1.92 bits per heavy atom. The molecule has 6 rings (SSSR count). The van der Waals surface area contributed by atoms with Crippen molar-refractivity contribution in [3.05, 3.63) is 101 Å². The van der Waals surface area contributed by atoms with Crippen molar-refractivity contribution in [2.75, 3.05) is 23.3 Å². The minimum atomic E-state index is -0.302. The summed E-state index contributed by atoms with van der Waals surface area (Å²) in [5, 5.41) is 6.22. The third-order valence-electron chi connectivity index (χ3n) is 7.41. The van der Waals surface area contributed by atoms with E-state index in [1.54, 1.807) is 18.3 Å². The number of hydrogen-bond acceptors (Lipinski definition) is 6. The van der Waals surface area contributed by atoms with Crippen molar-refractivity contribution < 1.29 is 14.0 Å². The van der Waals surface area contributed by atoms with Crippen molar-refractivity contribution in [3.8, 4) is 0 Å². The lowest BCUT2D eigenvalue weighted by Crippen LogP contribution is -2.27. The normalized spacial score (nSPS) is 15.8. The SMILES string of the molecule is O=C(NCCCC1C(=O)Cn2cccc21)c1cnc(N2CCc3ccccc32)nc1NCc1ccc(F)cc1. The minimum absolute atomic E-state index is 0.115. The fraction of sp³-hybridized carbons (Fsp3) is 0.267. The van der Waals surface area contributed by atoms with Gasteiger partial charge in [0, 0.05) is 43.4 Å². The number of ketones is 1. The van der Waals surface area contributed by atoms with Crippen molar-refractivity contribution >= 4 is 29.1 Å². The van der Waals surface area contributed by atoms with E-state index < -0.39 is 0 Å². The van der Waals surface area contributed by atoms with Crippen LogP contribution in [0.3, 0.4) is 0 Å². The van der Waals surface area contributed by atoms with Crippen LogP contribution in [0.2, 0.25) is 0 Å². The van der Waals surface area contributed by atoms with E-state index in [0.29, 0.717) is 49.8 Å². The second kappa shape index (κ2) is 10.7. The lowest BCUT2D eigenvalue weighted by atomic mass is 9.97. The van der Waals surface area contributed by atoms with Gasteiger partial charge in [-0.3, -0.25) is 9.59 Å². The average Bonchev–Trinajstić information content (AvgIpc) is 3.66. The topological polar surface area (TPSA) is 92.2 Å². The Bertz CT molecular complexity index is 1520. The first-order valence-electron chi connectivity index (χ1n) is 13.2. The number of carbonyl (C=O) groups excluding carboxylic acids is 2. The summed E-state index contributed by atoms with van der Waals surface area (Å²) < 4.78 is 15.4. The summed E-state index contributed by atoms with van der Waals surface area (Å²) in [6, 6.07) is 18.3. The molecule has 2 N–H and O–H groups in total. The van der Waals surface area contributed by atoms with Gasteiger partial charge in [-0.15, -0.1) is 0 Å². The van der Waals surface area contributed by atoms with Crippen LogP contribution in [0.4, 0.5) is 21.8 Å². The number of rotatable bonds is 9. The maximum absolute atomic E-state index is 13.4. The van der Waals surface area contributed by atoms with Crippen LogP contribution in [0.1, 0.15) is 45.9 Å². The summed E-state index contributed by atoms with van der Waals surface area (Å²) in [4.78, 5) is 36.9. The molecule has 0 aliphatic carbocycles. The van der Waals surface area contributed by atoms with Gasteiger partial charge in [-0.25, -0.2) is 9.37 Å². The van der Waals surface area contributed by atoms with Gasteiger partial charge in [0.15, 0.2) is 5.78 Å². The molecule has 1 amide bonds. The van der Waals surface area contributed by atoms with Crippen LogP contribution in [0.5, 0.6) is 0 Å². The predicted molar refractivity (Wildman–Crippen MR) is 147 cm³/mol. The number of para-hydroxylation sites is 1. The molecule has 2 aromatic carbocycles. The van der Waals surface area contributed by atoms with Crippen molar-refractivity contribution in [1.29, 1.82) is 0 Å². The summed E-state index contributed by atoms with van der Waals surface area (Å²) >= 11 is 0. The highest BCUT2D eigenvalue weighted by Gasteiger charge is 2.29. The van der Waals surface area contributed by atoms with Gasteiger partial charge in [0.05, 0.1) is 12.5 Å². The van der Waals surface area contributed by atoms with Gasteiger partial charge in [-0.05, 0) is 60.7 Å². The van der Waals surface area contributed by atoms with Crippen molar-refractivity contribution in [3.63, 3.8) is 0 Å². The lowest BCUT2D eigenvalue weighted by Gasteiger charge is -2.19. The first-order valence-corrected chi connectivity index (χ1v) is 13.2. The number of halogens is 1. The summed E-state index contributed by atoms with van der Waals surface area (Å²) in [6.07, 6.45) is 5.74. The highest BCUT2D eigenvalue weighted by Crippen LogP contribution is 2.33. The van der Waals surface area contributed by atoms with Crippen LogP contribution in [0.15, 0.2) is 73.1 Å². The predicted octanol–water partition coefficient (Wildman–Crippen LogP) is 4.60. The molecule has 0 saturated heterocycles. The molecule has 2 aliphatic heterocycles. The Morgan fingerprint density at radius 1 is 1.08 bits per heavy atom. The summed E-state index contributed by atoms with van der Waals surface area (Å²) in [5.41, 5.74) is 4.54. The molecular weight excluding hydrogens is 495 g/mol. The third kappa shape index (κ3) is 5.12. The van der Waals surface area contributed by atoms with E-state index >= 15 is 0 Å². The Morgan fingerprint density at radius 3 is 2.79 bits per heavy atom. The van der Waals surface area contributed by atoms with Gasteiger partial charge in [-0.1, -0.05) is 30.3 Å². The van der Waals surface area contributed by atoms with E-state index in [1.165, 1.54) is 17.7 Å². The fourth-order valence-corrected chi connectivity index (χ4v) is 5.38. The van der Waals surface area contributed by atoms with Crippen molar-refractivity contribution in [2.45, 2.75) is 38.3 Å². The number of carbonyl (C=O) groups is 2. The maximum atomic E-state index is 13.4. The van der Waals surface area contributed by atoms with E-state index in [-0.39, 0.29) is 23.4 Å². The molecule has 39 heavy (non-hydrogen) atoms. The highest BCUT2D eigenvalue weighted by atomic mass is 19.1. The largest absolute Gasteiger partial charge is 0.365 e. The highest BCUT2D eigenvalue weighted by molar-refractivity contribution is 5.98. The molecule has 2 aliphatic rings. The third-order valence-corrected chi connectivity index (χ3v) is 7.41. The molecule has 4 aromatic rings. The number of nitrogens with zero attached hydrogens (tertiary/aromatic N) is 4. The average molecular weight is 525 g/mol. The quantitative estimate of drug-likeness (QED) is 0.311. The summed E-state index contributed by atoms with van der Waals surface area (Å²) in [5.74, 6) is 0.442. The molecule has 0 radical (unpaired) electrons. The number of fused-ring (bicyclic) bond motifs is 2. The number of Topliss-reactive ketones (excluding diaryl/α,β-unsaturated/α-hetero) is 1. The molecule has 9 heteroatoms. The summed E-state index contributed by atoms with van der Waals surface area (Å²) in [7, 11) is 0. The van der Waals surface area contributed by atoms with Gasteiger partial charge in [0.1, 0.15) is 17.2 Å². The molecule has 198 valence electrons. The molecule has 4 heterocycles. The lowest BCUT2D eigenvalue weighted by molar-refractivity contribution is -0.119. The minimum Gasteiger partial charge on any atom is -0.365 e. The van der Waals surface area contributed by atoms with Crippen LogP contribution < -0.4 is 15.5 Å². The second-order valence-electron chi connectivity index (χ2n) is 9.92. The number of benzene rings is 2. The Labute approximate surface area is 225 Å². The molecule has 0 fully saturated rings. The molecule has 1 atom stereocenters. The standard InChI is InChI=1S/C30H29FN6O2/c31-22-11-9-20(10-12-22)17-33-28-24(18-34-30(35-28)37-16-13-21-5-1-2-7-25(21)37)29(39)32-14-3-6-23-26-8-4-15-36(26)19-27(23)38/h1-2,4-5,7-12,15,18,23H,3,6,13-14,16-17,19H2,(H,32,39)(H,33,34,35). The fourth-order valence-electron chi connectivity index (χ4n) is 5.38. The van der Waals surface area contributed by atoms with Crippen LogP contribution in [0, 0.1) is 5.82 Å². The number of anilines is 3. The first-order chi connectivity index (χ1) is 19.1. The molecule has 2 aromatic heterocycles. The van der Waals surface area contributed by atoms with Crippen LogP contribution in [0.25, 0.3) is 0 Å². The van der Waals surface area contributed by atoms with Gasteiger partial charge in [0.2, 0.25) is 5.95 Å². The van der Waals surface area contributed by atoms with E-state index in [0.717, 1.165) is 29.9 Å². The van der Waals surface area contributed by atoms with E-state index in [1.807, 2.05) is 41.1 Å². The van der Waals surface area contributed by atoms with Gasteiger partial charge in [-0.2, -0.15) is 4.98 Å². The number of aromatic nitrogens is 3. The zero-order valence-corrected chi connectivity index (χ0v) is 21.4. The number of amides is 1. The Kier molecular flexibility index (Phi) is 6.79. The monoisotopic (exact) mass is 524 g/mol. The maximum Gasteiger partial charge on any atom is 0.256 e. The Hall–Kier alpha value is -4.53. The molecule has 1 unspecified atom stereocenters. The summed E-state index contributed by atoms with van der Waals surface area (Å²) in [6.45, 7) is 1.98. The van der Waals surface area contributed by atoms with Crippen molar-refractivity contribution in [2.24, 2.45) is 0 Å². The molecule has 0 bridgehead atoms. The zero-order valence-electron chi connectivity index (χ0n) is 21.4. The zero-order chi connectivity index (χ0) is 26.8. The molecule has 0 spiro atoms. The number of nitrogens with one attached hydrogen (secondary N) is 2. The van der Waals surface area contributed by atoms with Crippen molar-refractivity contribution in [1.82, 2.24) is 19.9 Å². The molecular formula is C30H29FN6O2. The van der Waals surface area contributed by atoms with Gasteiger partial charge >= 0.3 is 0 Å². The van der Waals surface area contributed by atoms with Gasteiger partial charge < -0.3 is 20.1 Å². The van der Waals surface area contributed by atoms with Crippen LogP contribution in [-0.2, 0) is 24.3 Å². The molecule has 0 saturated carbocycles. The Balaban J connectivity index is 1.16. The van der Waals surface area contributed by atoms with Crippen LogP contribution in [-0.4, -0.2) is 39.3 Å². The van der Waals surface area contributed by atoms with Crippen LogP contribution >= 0.6 is 0 Å².